The molecule has 4 heterocycles. The summed E-state index contributed by atoms with van der Waals surface area (Å²) in [4.78, 5) is 2.44. The average molecular weight is 912 g/mol. The molecule has 0 aliphatic rings. The highest BCUT2D eigenvalue weighted by Crippen LogP contribution is 2.47. The van der Waals surface area contributed by atoms with Gasteiger partial charge in [-0.05, 0) is 164 Å². The summed E-state index contributed by atoms with van der Waals surface area (Å²) in [6.45, 7) is 4.53. The number of benzene rings is 11. The lowest BCUT2D eigenvalue weighted by Crippen LogP contribution is -2.10. The van der Waals surface area contributed by atoms with E-state index in [1.165, 1.54) is 129 Å². The fraction of sp³-hybridized carbons (Fsp3) is 0.0492. The normalized spacial score (nSPS) is 12.5. The molecule has 0 amide bonds. The Balaban J connectivity index is 0.855. The standard InChI is InChI=1S/C61H37NS4/c1-33(2)34-11-15-43(16-12-34)62(44-17-13-39-23-48-52-31-58-50(29-60(52)65-56(48)27-41(39)19-44)46-21-35-7-3-5-9-37(35)25-54(46)63-58)45-18-14-40-24-49-53-32-59-51(30-61(53)66-57(49)28-42(40)20-45)47-22-36-8-4-6-10-38(36)26-55(47)64-59/h3-33H,1-2H3. The average Bonchev–Trinajstić information content (AvgIpc) is 4.08. The van der Waals surface area contributed by atoms with E-state index < -0.39 is 0 Å². The summed E-state index contributed by atoms with van der Waals surface area (Å²) in [6, 6.07) is 69.6. The molecular formula is C61H37NS4. The Morgan fingerprint density at radius 2 is 0.561 bits per heavy atom. The first-order valence-electron chi connectivity index (χ1n) is 22.6. The van der Waals surface area contributed by atoms with Crippen molar-refractivity contribution in [3.63, 3.8) is 0 Å². The largest absolute Gasteiger partial charge is 0.310 e. The lowest BCUT2D eigenvalue weighted by molar-refractivity contribution is 0.866. The fourth-order valence-electron chi connectivity index (χ4n) is 10.7. The molecule has 5 heteroatoms. The minimum Gasteiger partial charge on any atom is -0.310 e. The van der Waals surface area contributed by atoms with Crippen LogP contribution in [0.4, 0.5) is 17.1 Å². The summed E-state index contributed by atoms with van der Waals surface area (Å²) in [7, 11) is 0. The Labute approximate surface area is 395 Å². The van der Waals surface area contributed by atoms with Crippen molar-refractivity contribution in [2.75, 3.05) is 4.90 Å². The van der Waals surface area contributed by atoms with E-state index in [-0.39, 0.29) is 0 Å². The molecule has 15 aromatic rings. The lowest BCUT2D eigenvalue weighted by Gasteiger charge is -2.26. The second kappa shape index (κ2) is 13.8. The zero-order valence-corrected chi connectivity index (χ0v) is 39.2. The van der Waals surface area contributed by atoms with Crippen molar-refractivity contribution in [3.8, 4) is 0 Å². The minimum atomic E-state index is 0.463. The van der Waals surface area contributed by atoms with Crippen molar-refractivity contribution in [2.45, 2.75) is 19.8 Å². The van der Waals surface area contributed by atoms with Crippen LogP contribution in [-0.2, 0) is 0 Å². The first kappa shape index (κ1) is 37.4. The lowest BCUT2D eigenvalue weighted by atomic mass is 10.0. The molecule has 11 aromatic carbocycles. The maximum absolute atomic E-state index is 2.44. The zero-order valence-electron chi connectivity index (χ0n) is 36.0. The van der Waals surface area contributed by atoms with Crippen LogP contribution < -0.4 is 4.90 Å². The van der Waals surface area contributed by atoms with Crippen LogP contribution in [0.15, 0.2) is 182 Å². The van der Waals surface area contributed by atoms with Gasteiger partial charge in [0.25, 0.3) is 0 Å². The molecule has 0 aliphatic carbocycles. The molecule has 0 fully saturated rings. The number of thiophene rings is 4. The number of rotatable bonds is 4. The van der Waals surface area contributed by atoms with Gasteiger partial charge >= 0.3 is 0 Å². The van der Waals surface area contributed by atoms with Crippen LogP contribution in [0.1, 0.15) is 25.3 Å². The number of hydrogen-bond donors (Lipinski definition) is 0. The summed E-state index contributed by atoms with van der Waals surface area (Å²) in [5, 5.41) is 21.0. The maximum Gasteiger partial charge on any atom is 0.0468 e. The molecule has 66 heavy (non-hydrogen) atoms. The van der Waals surface area contributed by atoms with E-state index in [4.69, 9.17) is 0 Å². The summed E-state index contributed by atoms with van der Waals surface area (Å²) in [5.41, 5.74) is 4.81. The van der Waals surface area contributed by atoms with Gasteiger partial charge in [0.05, 0.1) is 0 Å². The Morgan fingerprint density at radius 3 is 0.924 bits per heavy atom. The molecule has 0 saturated carbocycles. The Morgan fingerprint density at radius 1 is 0.273 bits per heavy atom. The number of nitrogens with zero attached hydrogens (tertiary/aromatic N) is 1. The van der Waals surface area contributed by atoms with Gasteiger partial charge in [0.1, 0.15) is 0 Å². The van der Waals surface area contributed by atoms with E-state index >= 15 is 0 Å². The summed E-state index contributed by atoms with van der Waals surface area (Å²) < 4.78 is 10.8. The number of hydrogen-bond acceptors (Lipinski definition) is 5. The first-order valence-corrected chi connectivity index (χ1v) is 25.9. The summed E-state index contributed by atoms with van der Waals surface area (Å²) in [5.74, 6) is 0.463. The fourth-order valence-corrected chi connectivity index (χ4v) is 15.3. The highest BCUT2D eigenvalue weighted by atomic mass is 32.1. The predicted molar refractivity (Wildman–Crippen MR) is 297 cm³/mol. The van der Waals surface area contributed by atoms with E-state index in [2.05, 4.69) is 201 Å². The van der Waals surface area contributed by atoms with Gasteiger partial charge in [0, 0.05) is 97.8 Å². The first-order chi connectivity index (χ1) is 32.4. The van der Waals surface area contributed by atoms with Gasteiger partial charge < -0.3 is 4.90 Å². The van der Waals surface area contributed by atoms with E-state index in [9.17, 15) is 0 Å². The van der Waals surface area contributed by atoms with Crippen LogP contribution in [0.5, 0.6) is 0 Å². The number of fused-ring (bicyclic) bond motifs is 16. The van der Waals surface area contributed by atoms with Gasteiger partial charge in [-0.3, -0.25) is 0 Å². The Bertz CT molecular complexity index is 4290. The van der Waals surface area contributed by atoms with E-state index in [1.807, 2.05) is 45.3 Å². The van der Waals surface area contributed by atoms with Crippen LogP contribution >= 0.6 is 45.3 Å². The van der Waals surface area contributed by atoms with Crippen molar-refractivity contribution in [3.05, 3.63) is 188 Å². The molecule has 0 saturated heterocycles. The quantitative estimate of drug-likeness (QED) is 0.170. The summed E-state index contributed by atoms with van der Waals surface area (Å²) >= 11 is 7.66. The van der Waals surface area contributed by atoms with E-state index in [0.717, 1.165) is 17.1 Å². The van der Waals surface area contributed by atoms with Crippen molar-refractivity contribution in [1.29, 1.82) is 0 Å². The molecule has 310 valence electrons. The smallest absolute Gasteiger partial charge is 0.0468 e. The van der Waals surface area contributed by atoms with Gasteiger partial charge in [-0.15, -0.1) is 45.3 Å². The molecule has 0 aliphatic heterocycles. The van der Waals surface area contributed by atoms with Crippen LogP contribution in [0.2, 0.25) is 0 Å². The van der Waals surface area contributed by atoms with Crippen LogP contribution in [0.25, 0.3) is 124 Å². The predicted octanol–water partition coefficient (Wildman–Crippen LogP) is 20.4. The van der Waals surface area contributed by atoms with Gasteiger partial charge in [-0.25, -0.2) is 0 Å². The third-order valence-electron chi connectivity index (χ3n) is 14.1. The molecular weight excluding hydrogens is 875 g/mol. The zero-order chi connectivity index (χ0) is 43.4. The van der Waals surface area contributed by atoms with Gasteiger partial charge in [0.2, 0.25) is 0 Å². The van der Waals surface area contributed by atoms with Crippen LogP contribution in [-0.4, -0.2) is 0 Å². The second-order valence-electron chi connectivity index (χ2n) is 18.3. The topological polar surface area (TPSA) is 3.24 Å². The molecule has 0 N–H and O–H groups in total. The van der Waals surface area contributed by atoms with Crippen LogP contribution in [0, 0.1) is 0 Å². The van der Waals surface area contributed by atoms with Gasteiger partial charge in [-0.2, -0.15) is 0 Å². The third-order valence-corrected chi connectivity index (χ3v) is 18.5. The van der Waals surface area contributed by atoms with Crippen molar-refractivity contribution in [2.24, 2.45) is 0 Å². The molecule has 0 radical (unpaired) electrons. The van der Waals surface area contributed by atoms with E-state index in [1.54, 1.807) is 0 Å². The second-order valence-corrected chi connectivity index (χ2v) is 22.7. The highest BCUT2D eigenvalue weighted by Gasteiger charge is 2.19. The summed E-state index contributed by atoms with van der Waals surface area (Å²) in [6.07, 6.45) is 0. The molecule has 0 unspecified atom stereocenters. The Hall–Kier alpha value is -6.86. The monoisotopic (exact) mass is 911 g/mol. The third kappa shape index (κ3) is 5.61. The minimum absolute atomic E-state index is 0.463. The molecule has 0 bridgehead atoms. The Kier molecular flexibility index (Phi) is 7.83. The van der Waals surface area contributed by atoms with Gasteiger partial charge in [-0.1, -0.05) is 86.6 Å². The highest BCUT2D eigenvalue weighted by molar-refractivity contribution is 7.28. The van der Waals surface area contributed by atoms with Gasteiger partial charge in [0.15, 0.2) is 0 Å². The molecule has 1 nitrogen and oxygen atoms in total. The molecule has 0 spiro atoms. The van der Waals surface area contributed by atoms with Crippen molar-refractivity contribution < 1.29 is 0 Å². The van der Waals surface area contributed by atoms with Crippen molar-refractivity contribution in [1.82, 2.24) is 0 Å². The molecule has 4 aromatic heterocycles. The van der Waals surface area contributed by atoms with E-state index in [0.29, 0.717) is 5.92 Å². The maximum atomic E-state index is 2.44. The molecule has 15 rings (SSSR count). The molecule has 0 atom stereocenters. The van der Waals surface area contributed by atoms with Crippen LogP contribution in [0.3, 0.4) is 0 Å². The SMILES string of the molecule is CC(C)c1ccc(N(c2ccc3cc4c(cc3c2)sc2cc3c(cc24)sc2cc4ccccc4cc23)c2ccc3cc4c(cc3c2)sc2cc3c(cc24)sc2cc4ccccc4cc23)cc1. The number of anilines is 3. The van der Waals surface area contributed by atoms with Crippen molar-refractivity contribution >= 4 is 186 Å².